The minimum atomic E-state index is -3.58. The molecule has 1 saturated heterocycles. The number of sulfonamides is 1. The lowest BCUT2D eigenvalue weighted by molar-refractivity contribution is 0.0724. The summed E-state index contributed by atoms with van der Waals surface area (Å²) in [6, 6.07) is 6.69. The zero-order valence-corrected chi connectivity index (χ0v) is 16.5. The second-order valence-corrected chi connectivity index (χ2v) is 8.98. The molecule has 0 spiro atoms. The fourth-order valence-corrected chi connectivity index (χ4v) is 4.71. The van der Waals surface area contributed by atoms with Gasteiger partial charge in [-0.1, -0.05) is 11.2 Å². The highest BCUT2D eigenvalue weighted by Gasteiger charge is 2.26. The van der Waals surface area contributed by atoms with E-state index in [9.17, 15) is 13.2 Å². The first kappa shape index (κ1) is 19.1. The number of carbonyl (C=O) groups excluding carboxylic acids is 1. The van der Waals surface area contributed by atoms with E-state index >= 15 is 0 Å². The molecule has 4 rings (SSSR count). The van der Waals surface area contributed by atoms with E-state index in [1.54, 1.807) is 36.1 Å². The third-order valence-electron chi connectivity index (χ3n) is 5.16. The van der Waals surface area contributed by atoms with Crippen molar-refractivity contribution in [2.45, 2.75) is 43.7 Å². The molecule has 2 aliphatic heterocycles. The summed E-state index contributed by atoms with van der Waals surface area (Å²) < 4.78 is 38.3. The van der Waals surface area contributed by atoms with Crippen molar-refractivity contribution in [2.75, 3.05) is 19.7 Å². The average molecular weight is 405 g/mol. The van der Waals surface area contributed by atoms with Gasteiger partial charge in [-0.15, -0.1) is 0 Å². The quantitative estimate of drug-likeness (QED) is 0.811. The summed E-state index contributed by atoms with van der Waals surface area (Å²) in [7, 11) is -3.58. The largest absolute Gasteiger partial charge is 0.377 e. The first-order valence-corrected chi connectivity index (χ1v) is 10.9. The van der Waals surface area contributed by atoms with Crippen molar-refractivity contribution in [3.63, 3.8) is 0 Å². The van der Waals surface area contributed by atoms with Crippen LogP contribution in [0.25, 0.3) is 0 Å². The van der Waals surface area contributed by atoms with Gasteiger partial charge in [-0.25, -0.2) is 13.1 Å². The van der Waals surface area contributed by atoms with Crippen LogP contribution in [0.5, 0.6) is 0 Å². The number of nitrogens with one attached hydrogen (secondary N) is 1. The summed E-state index contributed by atoms with van der Waals surface area (Å²) in [5, 5.41) is 3.78. The minimum absolute atomic E-state index is 0.0489. The van der Waals surface area contributed by atoms with Crippen molar-refractivity contribution < 1.29 is 22.5 Å². The average Bonchev–Trinajstić information content (AvgIpc) is 3.36. The van der Waals surface area contributed by atoms with Gasteiger partial charge in [0.2, 0.25) is 10.0 Å². The van der Waals surface area contributed by atoms with E-state index in [2.05, 4.69) is 9.88 Å². The molecule has 28 heavy (non-hydrogen) atoms. The van der Waals surface area contributed by atoms with Crippen molar-refractivity contribution >= 4 is 15.9 Å². The van der Waals surface area contributed by atoms with E-state index < -0.39 is 10.0 Å². The molecule has 0 radical (unpaired) electrons. The Morgan fingerprint density at radius 2 is 2.18 bits per heavy atom. The predicted molar refractivity (Wildman–Crippen MR) is 100 cm³/mol. The van der Waals surface area contributed by atoms with Gasteiger partial charge in [0.05, 0.1) is 11.0 Å². The Morgan fingerprint density at radius 1 is 1.32 bits per heavy atom. The van der Waals surface area contributed by atoms with Crippen LogP contribution < -0.4 is 4.72 Å². The first-order chi connectivity index (χ1) is 13.4. The molecule has 0 saturated carbocycles. The molecule has 9 heteroatoms. The molecule has 0 bridgehead atoms. The van der Waals surface area contributed by atoms with Crippen molar-refractivity contribution in [3.05, 3.63) is 46.8 Å². The zero-order valence-electron chi connectivity index (χ0n) is 15.7. The molecule has 8 nitrogen and oxygen atoms in total. The zero-order chi connectivity index (χ0) is 19.7. The SMILES string of the molecule is Cc1cc(C(=O)N2CCc3cc(S(=O)(=O)NCC4CCCO4)ccc3C2)no1. The molecule has 3 heterocycles. The van der Waals surface area contributed by atoms with Gasteiger partial charge >= 0.3 is 0 Å². The Labute approximate surface area is 163 Å². The van der Waals surface area contributed by atoms with E-state index in [4.69, 9.17) is 9.26 Å². The molecule has 2 aromatic rings. The van der Waals surface area contributed by atoms with Gasteiger partial charge in [0, 0.05) is 32.3 Å². The van der Waals surface area contributed by atoms with Crippen molar-refractivity contribution in [2.24, 2.45) is 0 Å². The molecule has 1 N–H and O–H groups in total. The van der Waals surface area contributed by atoms with Crippen LogP contribution in [-0.2, 0) is 27.7 Å². The van der Waals surface area contributed by atoms with Crippen LogP contribution in [0.3, 0.4) is 0 Å². The van der Waals surface area contributed by atoms with E-state index in [0.717, 1.165) is 24.0 Å². The van der Waals surface area contributed by atoms with Crippen LogP contribution in [0.2, 0.25) is 0 Å². The number of aromatic nitrogens is 1. The number of nitrogens with zero attached hydrogens (tertiary/aromatic N) is 2. The van der Waals surface area contributed by atoms with E-state index in [1.807, 2.05) is 0 Å². The standard InChI is InChI=1S/C19H23N3O5S/c1-13-9-18(21-27-13)19(23)22-7-6-14-10-17(5-4-15(14)12-22)28(24,25)20-11-16-3-2-8-26-16/h4-5,9-10,16,20H,2-3,6-8,11-12H2,1H3. The van der Waals surface area contributed by atoms with E-state index in [1.165, 1.54) is 0 Å². The number of benzene rings is 1. The lowest BCUT2D eigenvalue weighted by Gasteiger charge is -2.28. The van der Waals surface area contributed by atoms with Gasteiger partial charge in [-0.2, -0.15) is 0 Å². The molecule has 2 aliphatic rings. The molecule has 1 atom stereocenters. The molecule has 150 valence electrons. The number of amides is 1. The number of ether oxygens (including phenoxy) is 1. The van der Waals surface area contributed by atoms with Crippen LogP contribution in [0.1, 0.15) is 40.2 Å². The summed E-state index contributed by atoms with van der Waals surface area (Å²) in [5.74, 6) is 0.406. The fraction of sp³-hybridized carbons (Fsp3) is 0.474. The van der Waals surface area contributed by atoms with Crippen LogP contribution >= 0.6 is 0 Å². The van der Waals surface area contributed by atoms with Gasteiger partial charge in [-0.3, -0.25) is 4.79 Å². The number of fused-ring (bicyclic) bond motifs is 1. The maximum absolute atomic E-state index is 12.6. The first-order valence-electron chi connectivity index (χ1n) is 9.38. The van der Waals surface area contributed by atoms with Crippen molar-refractivity contribution in [3.8, 4) is 0 Å². The van der Waals surface area contributed by atoms with Crippen LogP contribution in [0.4, 0.5) is 0 Å². The van der Waals surface area contributed by atoms with Gasteiger partial charge in [0.1, 0.15) is 5.76 Å². The second-order valence-electron chi connectivity index (χ2n) is 7.22. The normalized spacial score (nSPS) is 19.6. The van der Waals surface area contributed by atoms with Gasteiger partial charge in [0.15, 0.2) is 5.69 Å². The Balaban J connectivity index is 1.45. The monoisotopic (exact) mass is 405 g/mol. The molecule has 1 fully saturated rings. The van der Waals surface area contributed by atoms with Crippen LogP contribution in [-0.4, -0.2) is 50.2 Å². The summed E-state index contributed by atoms with van der Waals surface area (Å²) in [4.78, 5) is 14.5. The number of hydrogen-bond donors (Lipinski definition) is 1. The fourth-order valence-electron chi connectivity index (χ4n) is 3.59. The molecule has 1 aromatic heterocycles. The Morgan fingerprint density at radius 3 is 2.89 bits per heavy atom. The van der Waals surface area contributed by atoms with Crippen LogP contribution in [0, 0.1) is 6.92 Å². The molecule has 1 amide bonds. The third kappa shape index (κ3) is 3.96. The highest BCUT2D eigenvalue weighted by molar-refractivity contribution is 7.89. The summed E-state index contributed by atoms with van der Waals surface area (Å²) in [6.07, 6.45) is 2.38. The lowest BCUT2D eigenvalue weighted by Crippen LogP contribution is -2.36. The number of hydrogen-bond acceptors (Lipinski definition) is 6. The topological polar surface area (TPSA) is 102 Å². The number of aryl methyl sites for hydroxylation is 1. The highest BCUT2D eigenvalue weighted by atomic mass is 32.2. The number of rotatable bonds is 5. The van der Waals surface area contributed by atoms with Gasteiger partial charge in [-0.05, 0) is 49.4 Å². The smallest absolute Gasteiger partial charge is 0.276 e. The Kier molecular flexibility index (Phi) is 5.22. The maximum Gasteiger partial charge on any atom is 0.276 e. The molecule has 1 unspecified atom stereocenters. The summed E-state index contributed by atoms with van der Waals surface area (Å²) in [5.41, 5.74) is 2.18. The Hall–Kier alpha value is -2.23. The van der Waals surface area contributed by atoms with Crippen molar-refractivity contribution in [1.82, 2.24) is 14.8 Å². The second kappa shape index (κ2) is 7.65. The number of carbonyl (C=O) groups is 1. The van der Waals surface area contributed by atoms with Crippen molar-refractivity contribution in [1.29, 1.82) is 0 Å². The predicted octanol–water partition coefficient (Wildman–Crippen LogP) is 1.64. The molecular weight excluding hydrogens is 382 g/mol. The van der Waals surface area contributed by atoms with Gasteiger partial charge < -0.3 is 14.2 Å². The third-order valence-corrected chi connectivity index (χ3v) is 6.58. The highest BCUT2D eigenvalue weighted by Crippen LogP contribution is 2.24. The molecule has 1 aromatic carbocycles. The van der Waals surface area contributed by atoms with Gasteiger partial charge in [0.25, 0.3) is 5.91 Å². The molecule has 0 aliphatic carbocycles. The molecular formula is C19H23N3O5S. The van der Waals surface area contributed by atoms with Crippen LogP contribution in [0.15, 0.2) is 33.7 Å². The Bertz CT molecular complexity index is 979. The summed E-state index contributed by atoms with van der Waals surface area (Å²) >= 11 is 0. The minimum Gasteiger partial charge on any atom is -0.377 e. The lowest BCUT2D eigenvalue weighted by atomic mass is 9.99. The summed E-state index contributed by atoms with van der Waals surface area (Å²) in [6.45, 7) is 3.64. The van der Waals surface area contributed by atoms with E-state index in [-0.39, 0.29) is 16.9 Å². The maximum atomic E-state index is 12.6. The van der Waals surface area contributed by atoms with E-state index in [0.29, 0.717) is 44.1 Å².